The molecule has 3 rings (SSSR count). The Labute approximate surface area is 146 Å². The summed E-state index contributed by atoms with van der Waals surface area (Å²) in [5.41, 5.74) is 3.53. The van der Waals surface area contributed by atoms with Crippen LogP contribution < -0.4 is 4.84 Å². The van der Waals surface area contributed by atoms with Crippen molar-refractivity contribution in [3.05, 3.63) is 77.1 Å². The lowest BCUT2D eigenvalue weighted by Gasteiger charge is -2.09. The summed E-state index contributed by atoms with van der Waals surface area (Å²) in [4.78, 5) is 27.4. The molecule has 2 heterocycles. The monoisotopic (exact) mass is 336 g/mol. The third-order valence-corrected chi connectivity index (χ3v) is 3.75. The van der Waals surface area contributed by atoms with Crippen LogP contribution in [0.1, 0.15) is 52.8 Å². The van der Waals surface area contributed by atoms with Gasteiger partial charge < -0.3 is 4.84 Å². The largest absolute Gasteiger partial charge is 0.365 e. The number of hydrogen-bond acceptors (Lipinski definition) is 5. The van der Waals surface area contributed by atoms with Crippen LogP contribution in [0.25, 0.3) is 0 Å². The van der Waals surface area contributed by atoms with Gasteiger partial charge in [-0.1, -0.05) is 36.9 Å². The maximum Gasteiger partial charge on any atom is 0.365 e. The maximum atomic E-state index is 12.4. The average Bonchev–Trinajstić information content (AvgIpc) is 3.05. The van der Waals surface area contributed by atoms with Gasteiger partial charge in [0.25, 0.3) is 0 Å². The van der Waals surface area contributed by atoms with Gasteiger partial charge in [-0.3, -0.25) is 4.98 Å². The molecule has 0 spiro atoms. The minimum Gasteiger partial charge on any atom is -0.312 e. The quantitative estimate of drug-likeness (QED) is 0.716. The second-order valence-electron chi connectivity index (χ2n) is 6.23. The van der Waals surface area contributed by atoms with Crippen molar-refractivity contribution in [3.63, 3.8) is 0 Å². The summed E-state index contributed by atoms with van der Waals surface area (Å²) in [5.74, 6) is 0.244. The van der Waals surface area contributed by atoms with Gasteiger partial charge in [-0.2, -0.15) is 0 Å². The van der Waals surface area contributed by atoms with Gasteiger partial charge in [-0.15, -0.1) is 5.10 Å². The second kappa shape index (κ2) is 7.25. The summed E-state index contributed by atoms with van der Waals surface area (Å²) in [6.45, 7) is 5.93. The minimum absolute atomic E-state index is 0.106. The van der Waals surface area contributed by atoms with Gasteiger partial charge in [0, 0.05) is 24.2 Å². The van der Waals surface area contributed by atoms with E-state index >= 15 is 0 Å². The highest BCUT2D eigenvalue weighted by molar-refractivity contribution is 5.89. The molecular weight excluding hydrogens is 316 g/mol. The molecule has 0 amide bonds. The Bertz CT molecular complexity index is 869. The van der Waals surface area contributed by atoms with E-state index in [4.69, 9.17) is 4.84 Å². The molecule has 0 aliphatic carbocycles. The van der Waals surface area contributed by atoms with Gasteiger partial charge >= 0.3 is 5.97 Å². The number of rotatable bonds is 5. The number of aryl methyl sites for hydroxylation is 1. The van der Waals surface area contributed by atoms with Crippen molar-refractivity contribution in [1.82, 2.24) is 19.9 Å². The van der Waals surface area contributed by atoms with Gasteiger partial charge in [0.2, 0.25) is 0 Å². The summed E-state index contributed by atoms with van der Waals surface area (Å²) in [6, 6.07) is 11.4. The van der Waals surface area contributed by atoms with E-state index in [-0.39, 0.29) is 5.92 Å². The summed E-state index contributed by atoms with van der Waals surface area (Å²) >= 11 is 0. The van der Waals surface area contributed by atoms with Gasteiger partial charge in [-0.05, 0) is 36.2 Å². The van der Waals surface area contributed by atoms with Crippen LogP contribution in [-0.2, 0) is 6.42 Å². The van der Waals surface area contributed by atoms with Gasteiger partial charge in [0.1, 0.15) is 6.33 Å². The molecule has 6 nitrogen and oxygen atoms in total. The van der Waals surface area contributed by atoms with Gasteiger partial charge in [0.05, 0.1) is 5.56 Å². The Morgan fingerprint density at radius 3 is 2.76 bits per heavy atom. The Morgan fingerprint density at radius 2 is 2.04 bits per heavy atom. The molecule has 0 saturated carbocycles. The molecule has 0 aliphatic heterocycles. The van der Waals surface area contributed by atoms with Crippen LogP contribution >= 0.6 is 0 Å². The second-order valence-corrected chi connectivity index (χ2v) is 6.23. The molecule has 0 aliphatic rings. The zero-order valence-electron chi connectivity index (χ0n) is 14.5. The van der Waals surface area contributed by atoms with E-state index in [9.17, 15) is 4.79 Å². The van der Waals surface area contributed by atoms with Crippen LogP contribution in [-0.4, -0.2) is 25.9 Å². The molecule has 0 bridgehead atoms. The van der Waals surface area contributed by atoms with Crippen molar-refractivity contribution in [2.75, 3.05) is 0 Å². The first-order valence-corrected chi connectivity index (χ1v) is 8.16. The fourth-order valence-electron chi connectivity index (χ4n) is 2.43. The molecule has 2 aromatic heterocycles. The molecular formula is C19H20N4O2. The third-order valence-electron chi connectivity index (χ3n) is 3.75. The first-order chi connectivity index (χ1) is 12.0. The highest BCUT2D eigenvalue weighted by atomic mass is 16.7. The predicted octanol–water partition coefficient (Wildman–Crippen LogP) is 2.96. The number of hydrogen-bond donors (Lipinski definition) is 0. The highest BCUT2D eigenvalue weighted by Gasteiger charge is 2.15. The van der Waals surface area contributed by atoms with E-state index in [2.05, 4.69) is 15.1 Å². The van der Waals surface area contributed by atoms with Crippen molar-refractivity contribution < 1.29 is 9.63 Å². The van der Waals surface area contributed by atoms with Crippen molar-refractivity contribution in [1.29, 1.82) is 0 Å². The van der Waals surface area contributed by atoms with Crippen molar-refractivity contribution in [2.45, 2.75) is 33.1 Å². The SMILES string of the molecule is Cc1ccc(Cc2cccc(C(=O)On3ncnc3C(C)C)c2)nc1. The normalized spacial score (nSPS) is 10.9. The predicted molar refractivity (Wildman–Crippen MR) is 93.2 cm³/mol. The average molecular weight is 336 g/mol. The lowest BCUT2D eigenvalue weighted by molar-refractivity contribution is 0.0370. The minimum atomic E-state index is -0.467. The van der Waals surface area contributed by atoms with Crippen LogP contribution in [0.3, 0.4) is 0 Å². The summed E-state index contributed by atoms with van der Waals surface area (Å²) < 4.78 is 0. The first kappa shape index (κ1) is 16.8. The molecule has 0 fully saturated rings. The molecule has 3 aromatic rings. The molecule has 25 heavy (non-hydrogen) atoms. The maximum absolute atomic E-state index is 12.4. The van der Waals surface area contributed by atoms with E-state index in [1.165, 1.54) is 11.2 Å². The Balaban J connectivity index is 1.75. The van der Waals surface area contributed by atoms with Crippen LogP contribution in [0.5, 0.6) is 0 Å². The van der Waals surface area contributed by atoms with Crippen LogP contribution in [0, 0.1) is 6.92 Å². The van der Waals surface area contributed by atoms with E-state index < -0.39 is 5.97 Å². The van der Waals surface area contributed by atoms with Crippen LogP contribution in [0.15, 0.2) is 48.9 Å². The standard InChI is InChI=1S/C19H20N4O2/c1-13(2)18-21-12-22-23(18)25-19(24)16-6-4-5-15(9-16)10-17-8-7-14(3)11-20-17/h4-9,11-13H,10H2,1-3H3. The number of carbonyl (C=O) groups excluding carboxylic acids is 1. The van der Waals surface area contributed by atoms with Crippen LogP contribution in [0.2, 0.25) is 0 Å². The fraction of sp³-hybridized carbons (Fsp3) is 0.263. The summed E-state index contributed by atoms with van der Waals surface area (Å²) in [5, 5.41) is 3.95. The van der Waals surface area contributed by atoms with Crippen molar-refractivity contribution in [3.8, 4) is 0 Å². The Morgan fingerprint density at radius 1 is 1.20 bits per heavy atom. The Hall–Kier alpha value is -3.02. The van der Waals surface area contributed by atoms with E-state index in [1.54, 1.807) is 6.07 Å². The van der Waals surface area contributed by atoms with Crippen molar-refractivity contribution >= 4 is 5.97 Å². The molecule has 6 heteroatoms. The number of carbonyl (C=O) groups is 1. The van der Waals surface area contributed by atoms with Crippen LogP contribution in [0.4, 0.5) is 0 Å². The lowest BCUT2D eigenvalue weighted by Crippen LogP contribution is -2.23. The smallest absolute Gasteiger partial charge is 0.312 e. The fourth-order valence-corrected chi connectivity index (χ4v) is 2.43. The first-order valence-electron chi connectivity index (χ1n) is 8.16. The number of pyridine rings is 1. The zero-order valence-corrected chi connectivity index (χ0v) is 14.5. The van der Waals surface area contributed by atoms with E-state index in [1.807, 2.05) is 57.3 Å². The number of nitrogens with zero attached hydrogens (tertiary/aromatic N) is 4. The molecule has 0 unspecified atom stereocenters. The zero-order chi connectivity index (χ0) is 17.8. The number of benzene rings is 1. The Kier molecular flexibility index (Phi) is 4.88. The molecule has 0 radical (unpaired) electrons. The van der Waals surface area contributed by atoms with E-state index in [0.29, 0.717) is 17.8 Å². The third kappa shape index (κ3) is 4.09. The summed E-state index contributed by atoms with van der Waals surface area (Å²) in [6.07, 6.45) is 3.87. The molecule has 1 aromatic carbocycles. The molecule has 128 valence electrons. The topological polar surface area (TPSA) is 69.9 Å². The van der Waals surface area contributed by atoms with Gasteiger partial charge in [-0.25, -0.2) is 9.78 Å². The molecule has 0 saturated heterocycles. The number of aromatic nitrogens is 4. The summed E-state index contributed by atoms with van der Waals surface area (Å²) in [7, 11) is 0. The van der Waals surface area contributed by atoms with E-state index in [0.717, 1.165) is 16.8 Å². The lowest BCUT2D eigenvalue weighted by atomic mass is 10.1. The highest BCUT2D eigenvalue weighted by Crippen LogP contribution is 2.12. The van der Waals surface area contributed by atoms with Gasteiger partial charge in [0.15, 0.2) is 5.82 Å². The van der Waals surface area contributed by atoms with Crippen molar-refractivity contribution in [2.24, 2.45) is 0 Å². The molecule has 0 N–H and O–H groups in total. The molecule has 0 atom stereocenters.